The number of hydrogen-bond donors (Lipinski definition) is 1. The molecule has 0 amide bonds. The van der Waals surface area contributed by atoms with E-state index in [0.717, 1.165) is 35.8 Å². The third-order valence-electron chi connectivity index (χ3n) is 5.21. The Balaban J connectivity index is 1.52. The first-order chi connectivity index (χ1) is 11.7. The summed E-state index contributed by atoms with van der Waals surface area (Å²) in [5.41, 5.74) is 2.39. The fourth-order valence-electron chi connectivity index (χ4n) is 3.82. The van der Waals surface area contributed by atoms with Crippen molar-refractivity contribution in [3.8, 4) is 17.2 Å². The van der Waals surface area contributed by atoms with Crippen molar-refractivity contribution in [3.05, 3.63) is 53.6 Å². The lowest BCUT2D eigenvalue weighted by Crippen LogP contribution is -2.48. The van der Waals surface area contributed by atoms with Crippen molar-refractivity contribution in [1.82, 2.24) is 5.32 Å². The molecule has 4 nitrogen and oxygen atoms in total. The second-order valence-corrected chi connectivity index (χ2v) is 6.77. The third kappa shape index (κ3) is 2.61. The maximum Gasteiger partial charge on any atom is 0.126 e. The van der Waals surface area contributed by atoms with Crippen LogP contribution in [0.25, 0.3) is 0 Å². The van der Waals surface area contributed by atoms with Crippen molar-refractivity contribution in [1.29, 1.82) is 0 Å². The Hall–Kier alpha value is -2.20. The van der Waals surface area contributed by atoms with Crippen LogP contribution >= 0.6 is 0 Å². The smallest absolute Gasteiger partial charge is 0.126 e. The number of para-hydroxylation sites is 1. The van der Waals surface area contributed by atoms with Gasteiger partial charge in [0.15, 0.2) is 0 Å². The van der Waals surface area contributed by atoms with Gasteiger partial charge in [-0.25, -0.2) is 0 Å². The zero-order valence-corrected chi connectivity index (χ0v) is 14.2. The van der Waals surface area contributed by atoms with Crippen LogP contribution in [0, 0.1) is 0 Å². The van der Waals surface area contributed by atoms with E-state index >= 15 is 0 Å². The van der Waals surface area contributed by atoms with Crippen molar-refractivity contribution < 1.29 is 14.2 Å². The average molecular weight is 325 g/mol. The van der Waals surface area contributed by atoms with Crippen LogP contribution < -0.4 is 19.5 Å². The van der Waals surface area contributed by atoms with Crippen LogP contribution in [0.15, 0.2) is 42.5 Å². The summed E-state index contributed by atoms with van der Waals surface area (Å²) in [5, 5.41) is 3.58. The number of hydrogen-bond acceptors (Lipinski definition) is 4. The molecule has 0 unspecified atom stereocenters. The van der Waals surface area contributed by atoms with Gasteiger partial charge >= 0.3 is 0 Å². The van der Waals surface area contributed by atoms with E-state index in [4.69, 9.17) is 14.2 Å². The first kappa shape index (κ1) is 15.3. The molecule has 2 aromatic carbocycles. The fourth-order valence-corrected chi connectivity index (χ4v) is 3.82. The van der Waals surface area contributed by atoms with Gasteiger partial charge in [0.2, 0.25) is 0 Å². The maximum atomic E-state index is 6.01. The van der Waals surface area contributed by atoms with Gasteiger partial charge in [0.25, 0.3) is 0 Å². The Kier molecular flexibility index (Phi) is 3.85. The largest absolute Gasteiger partial charge is 0.496 e. The molecule has 0 aliphatic carbocycles. The summed E-state index contributed by atoms with van der Waals surface area (Å²) in [6.45, 7) is 4.49. The van der Waals surface area contributed by atoms with Gasteiger partial charge in [-0.1, -0.05) is 24.3 Å². The molecule has 126 valence electrons. The first-order valence-electron chi connectivity index (χ1n) is 8.46. The van der Waals surface area contributed by atoms with Crippen LogP contribution in [0.5, 0.6) is 17.2 Å². The summed E-state index contributed by atoms with van der Waals surface area (Å²) in [5.74, 6) is 3.15. The Morgan fingerprint density at radius 3 is 3.00 bits per heavy atom. The van der Waals surface area contributed by atoms with Crippen molar-refractivity contribution in [2.75, 3.05) is 20.3 Å². The topological polar surface area (TPSA) is 39.7 Å². The number of methoxy groups -OCH3 is 1. The van der Waals surface area contributed by atoms with Crippen LogP contribution in [0.1, 0.15) is 30.4 Å². The fraction of sp³-hybridized carbons (Fsp3) is 0.400. The molecule has 2 atom stereocenters. The highest BCUT2D eigenvalue weighted by Gasteiger charge is 2.44. The Morgan fingerprint density at radius 2 is 2.12 bits per heavy atom. The standard InChI is InChI=1S/C20H23NO3/c1-20-13-24-19-11-15(7-8-16(19)17(20)9-10-21-20)23-12-14-5-3-4-6-18(14)22-2/h3-8,11,17,21H,9-10,12-13H2,1-2H3/t17-,20+/m0/s1. The molecule has 24 heavy (non-hydrogen) atoms. The van der Waals surface area contributed by atoms with Gasteiger partial charge in [0, 0.05) is 17.5 Å². The molecule has 0 radical (unpaired) electrons. The molecule has 4 heteroatoms. The van der Waals surface area contributed by atoms with Crippen molar-refractivity contribution >= 4 is 0 Å². The van der Waals surface area contributed by atoms with Crippen LogP contribution in [0.2, 0.25) is 0 Å². The second kappa shape index (κ2) is 6.02. The lowest BCUT2D eigenvalue weighted by atomic mass is 9.80. The molecule has 0 bridgehead atoms. The molecule has 0 saturated carbocycles. The normalized spacial score (nSPS) is 24.7. The molecule has 2 aliphatic heterocycles. The summed E-state index contributed by atoms with van der Waals surface area (Å²) >= 11 is 0. The number of fused-ring (bicyclic) bond motifs is 3. The van der Waals surface area contributed by atoms with Gasteiger partial charge in [-0.2, -0.15) is 0 Å². The molecule has 1 fully saturated rings. The minimum absolute atomic E-state index is 0.0623. The minimum Gasteiger partial charge on any atom is -0.496 e. The highest BCUT2D eigenvalue weighted by molar-refractivity contribution is 5.46. The van der Waals surface area contributed by atoms with E-state index in [1.165, 1.54) is 5.56 Å². The average Bonchev–Trinajstić information content (AvgIpc) is 3.02. The van der Waals surface area contributed by atoms with Gasteiger partial charge < -0.3 is 19.5 Å². The monoisotopic (exact) mass is 325 g/mol. The summed E-state index contributed by atoms with van der Waals surface area (Å²) in [6.07, 6.45) is 1.16. The maximum absolute atomic E-state index is 6.01. The van der Waals surface area contributed by atoms with E-state index in [0.29, 0.717) is 19.1 Å². The van der Waals surface area contributed by atoms with Gasteiger partial charge in [-0.05, 0) is 37.6 Å². The summed E-state index contributed by atoms with van der Waals surface area (Å²) in [7, 11) is 1.68. The predicted molar refractivity (Wildman–Crippen MR) is 93.0 cm³/mol. The lowest BCUT2D eigenvalue weighted by molar-refractivity contribution is 0.169. The molecular weight excluding hydrogens is 302 g/mol. The zero-order valence-electron chi connectivity index (χ0n) is 14.2. The number of rotatable bonds is 4. The molecule has 2 heterocycles. The van der Waals surface area contributed by atoms with Gasteiger partial charge in [0.1, 0.15) is 30.5 Å². The Bertz CT molecular complexity index is 745. The summed E-state index contributed by atoms with van der Waals surface area (Å²) in [4.78, 5) is 0. The Morgan fingerprint density at radius 1 is 1.25 bits per heavy atom. The minimum atomic E-state index is 0.0623. The lowest BCUT2D eigenvalue weighted by Gasteiger charge is -2.37. The number of benzene rings is 2. The van der Waals surface area contributed by atoms with E-state index < -0.39 is 0 Å². The predicted octanol–water partition coefficient (Wildman–Crippen LogP) is 3.50. The SMILES string of the molecule is COc1ccccc1COc1ccc2c(c1)OC[C@@]1(C)NCC[C@@H]21. The van der Waals surface area contributed by atoms with E-state index in [1.54, 1.807) is 7.11 Å². The summed E-state index contributed by atoms with van der Waals surface area (Å²) in [6, 6.07) is 14.1. The van der Waals surface area contributed by atoms with E-state index in [-0.39, 0.29) is 5.54 Å². The second-order valence-electron chi connectivity index (χ2n) is 6.77. The zero-order chi connectivity index (χ0) is 16.6. The van der Waals surface area contributed by atoms with Gasteiger partial charge in [-0.3, -0.25) is 0 Å². The molecule has 0 spiro atoms. The molecule has 1 saturated heterocycles. The third-order valence-corrected chi connectivity index (χ3v) is 5.21. The summed E-state index contributed by atoms with van der Waals surface area (Å²) < 4.78 is 17.3. The van der Waals surface area contributed by atoms with E-state index in [1.807, 2.05) is 36.4 Å². The van der Waals surface area contributed by atoms with Crippen LogP contribution in [-0.4, -0.2) is 25.8 Å². The van der Waals surface area contributed by atoms with Gasteiger partial charge in [-0.15, -0.1) is 0 Å². The van der Waals surface area contributed by atoms with E-state index in [9.17, 15) is 0 Å². The molecular formula is C20H23NO3. The van der Waals surface area contributed by atoms with Crippen molar-refractivity contribution in [2.24, 2.45) is 0 Å². The first-order valence-corrected chi connectivity index (χ1v) is 8.46. The molecule has 4 rings (SSSR count). The van der Waals surface area contributed by atoms with Crippen molar-refractivity contribution in [3.63, 3.8) is 0 Å². The highest BCUT2D eigenvalue weighted by atomic mass is 16.5. The van der Waals surface area contributed by atoms with Crippen LogP contribution in [0.3, 0.4) is 0 Å². The quantitative estimate of drug-likeness (QED) is 0.934. The molecule has 0 aromatic heterocycles. The highest BCUT2D eigenvalue weighted by Crippen LogP contribution is 2.45. The number of nitrogens with one attached hydrogen (secondary N) is 1. The van der Waals surface area contributed by atoms with Gasteiger partial charge in [0.05, 0.1) is 12.6 Å². The molecule has 1 N–H and O–H groups in total. The van der Waals surface area contributed by atoms with Crippen LogP contribution in [-0.2, 0) is 6.61 Å². The molecule has 2 aliphatic rings. The van der Waals surface area contributed by atoms with Crippen molar-refractivity contribution in [2.45, 2.75) is 31.4 Å². The Labute approximate surface area is 142 Å². The molecule has 2 aromatic rings. The number of ether oxygens (including phenoxy) is 3. The van der Waals surface area contributed by atoms with Crippen LogP contribution in [0.4, 0.5) is 0 Å². The van der Waals surface area contributed by atoms with E-state index in [2.05, 4.69) is 18.3 Å².